The predicted octanol–water partition coefficient (Wildman–Crippen LogP) is 2.83. The molecule has 3 N–H and O–H groups in total. The van der Waals surface area contributed by atoms with Crippen LogP contribution >= 0.6 is 0 Å². The number of benzene rings is 1. The standard InChI is InChI=1S/C19H31N3O2/c1-15(2)6-9-21-19(20)22-13-16-4-3-5-17(12-16)14-24-18-7-10-23-11-8-18/h3-5,12,15,18H,6-11,13-14H2,1-2H3,(H3,20,21,22). The number of hydrogen-bond acceptors (Lipinski definition) is 3. The highest BCUT2D eigenvalue weighted by molar-refractivity contribution is 5.77. The van der Waals surface area contributed by atoms with Gasteiger partial charge in [-0.25, -0.2) is 4.99 Å². The number of guanidine groups is 1. The second-order valence-corrected chi connectivity index (χ2v) is 6.75. The van der Waals surface area contributed by atoms with Crippen LogP contribution in [0.4, 0.5) is 0 Å². The van der Waals surface area contributed by atoms with Crippen molar-refractivity contribution in [3.8, 4) is 0 Å². The smallest absolute Gasteiger partial charge is 0.188 e. The Balaban J connectivity index is 1.76. The normalized spacial score (nSPS) is 16.5. The first-order valence-corrected chi connectivity index (χ1v) is 8.94. The van der Waals surface area contributed by atoms with E-state index in [0.29, 0.717) is 31.1 Å². The summed E-state index contributed by atoms with van der Waals surface area (Å²) in [7, 11) is 0. The molecule has 1 aliphatic heterocycles. The predicted molar refractivity (Wildman–Crippen MR) is 97.9 cm³/mol. The van der Waals surface area contributed by atoms with Gasteiger partial charge in [0, 0.05) is 19.8 Å². The zero-order chi connectivity index (χ0) is 17.2. The number of aliphatic imine (C=N–C) groups is 1. The van der Waals surface area contributed by atoms with Crippen molar-refractivity contribution < 1.29 is 9.47 Å². The Bertz CT molecular complexity index is 511. The molecule has 24 heavy (non-hydrogen) atoms. The van der Waals surface area contributed by atoms with Crippen molar-refractivity contribution in [2.75, 3.05) is 19.8 Å². The molecule has 0 amide bonds. The van der Waals surface area contributed by atoms with E-state index in [1.807, 2.05) is 0 Å². The summed E-state index contributed by atoms with van der Waals surface area (Å²) >= 11 is 0. The van der Waals surface area contributed by atoms with Gasteiger partial charge in [0.2, 0.25) is 0 Å². The fourth-order valence-electron chi connectivity index (χ4n) is 2.60. The molecule has 5 heteroatoms. The average molecular weight is 333 g/mol. The lowest BCUT2D eigenvalue weighted by molar-refractivity contribution is -0.0390. The van der Waals surface area contributed by atoms with Crippen LogP contribution in [0.25, 0.3) is 0 Å². The second kappa shape index (κ2) is 10.3. The zero-order valence-electron chi connectivity index (χ0n) is 15.0. The van der Waals surface area contributed by atoms with Crippen molar-refractivity contribution in [3.63, 3.8) is 0 Å². The minimum absolute atomic E-state index is 0.321. The molecule has 5 nitrogen and oxygen atoms in total. The minimum atomic E-state index is 0.321. The summed E-state index contributed by atoms with van der Waals surface area (Å²) in [5.74, 6) is 1.18. The van der Waals surface area contributed by atoms with Crippen LogP contribution in [0.2, 0.25) is 0 Å². The van der Waals surface area contributed by atoms with E-state index < -0.39 is 0 Å². The summed E-state index contributed by atoms with van der Waals surface area (Å²) in [4.78, 5) is 4.41. The highest BCUT2D eigenvalue weighted by Gasteiger charge is 2.13. The molecular formula is C19H31N3O2. The van der Waals surface area contributed by atoms with Crippen molar-refractivity contribution in [1.82, 2.24) is 5.32 Å². The van der Waals surface area contributed by atoms with Gasteiger partial charge in [0.05, 0.1) is 19.3 Å². The number of nitrogens with two attached hydrogens (primary N) is 1. The van der Waals surface area contributed by atoms with Crippen LogP contribution in [0.1, 0.15) is 44.2 Å². The van der Waals surface area contributed by atoms with Gasteiger partial charge in [0.1, 0.15) is 0 Å². The van der Waals surface area contributed by atoms with Crippen LogP contribution in [0.15, 0.2) is 29.3 Å². The molecule has 1 heterocycles. The van der Waals surface area contributed by atoms with Gasteiger partial charge in [0.25, 0.3) is 0 Å². The molecule has 0 radical (unpaired) electrons. The quantitative estimate of drug-likeness (QED) is 0.567. The Morgan fingerprint density at radius 2 is 2.08 bits per heavy atom. The van der Waals surface area contributed by atoms with Gasteiger partial charge >= 0.3 is 0 Å². The Hall–Kier alpha value is -1.59. The Morgan fingerprint density at radius 3 is 2.83 bits per heavy atom. The molecule has 1 fully saturated rings. The largest absolute Gasteiger partial charge is 0.381 e. The maximum atomic E-state index is 5.97. The van der Waals surface area contributed by atoms with E-state index >= 15 is 0 Å². The van der Waals surface area contributed by atoms with E-state index in [2.05, 4.69) is 48.4 Å². The summed E-state index contributed by atoms with van der Waals surface area (Å²) in [6.45, 7) is 8.11. The molecule has 0 bridgehead atoms. The first-order valence-electron chi connectivity index (χ1n) is 8.94. The highest BCUT2D eigenvalue weighted by Crippen LogP contribution is 2.14. The SMILES string of the molecule is CC(C)CCNC(N)=NCc1cccc(COC2CCOCC2)c1. The summed E-state index contributed by atoms with van der Waals surface area (Å²) in [5.41, 5.74) is 8.24. The van der Waals surface area contributed by atoms with Gasteiger partial charge in [-0.3, -0.25) is 0 Å². The Kier molecular flexibility index (Phi) is 8.05. The first kappa shape index (κ1) is 18.7. The second-order valence-electron chi connectivity index (χ2n) is 6.75. The van der Waals surface area contributed by atoms with E-state index in [1.54, 1.807) is 0 Å². The molecule has 134 valence electrons. The maximum absolute atomic E-state index is 5.97. The van der Waals surface area contributed by atoms with Crippen LogP contribution in [0.3, 0.4) is 0 Å². The summed E-state index contributed by atoms with van der Waals surface area (Å²) in [6, 6.07) is 8.36. The number of ether oxygens (including phenoxy) is 2. The Labute approximate surface area is 145 Å². The van der Waals surface area contributed by atoms with E-state index in [9.17, 15) is 0 Å². The third-order valence-corrected chi connectivity index (χ3v) is 4.11. The van der Waals surface area contributed by atoms with Gasteiger partial charge in [-0.1, -0.05) is 38.1 Å². The number of nitrogens with zero attached hydrogens (tertiary/aromatic N) is 1. The molecule has 0 atom stereocenters. The van der Waals surface area contributed by atoms with E-state index in [4.69, 9.17) is 15.2 Å². The lowest BCUT2D eigenvalue weighted by Crippen LogP contribution is -2.32. The average Bonchev–Trinajstić information content (AvgIpc) is 2.59. The van der Waals surface area contributed by atoms with Crippen molar-refractivity contribution in [1.29, 1.82) is 0 Å². The molecule has 0 spiro atoms. The van der Waals surface area contributed by atoms with Crippen LogP contribution in [-0.4, -0.2) is 31.8 Å². The van der Waals surface area contributed by atoms with Gasteiger partial charge in [-0.15, -0.1) is 0 Å². The van der Waals surface area contributed by atoms with Gasteiger partial charge < -0.3 is 20.5 Å². The fraction of sp³-hybridized carbons (Fsp3) is 0.632. The Morgan fingerprint density at radius 1 is 1.33 bits per heavy atom. The molecule has 1 saturated heterocycles. The number of hydrogen-bond donors (Lipinski definition) is 2. The van der Waals surface area contributed by atoms with Crippen LogP contribution in [0.5, 0.6) is 0 Å². The van der Waals surface area contributed by atoms with Crippen molar-refractivity contribution in [2.24, 2.45) is 16.6 Å². The molecule has 2 rings (SSSR count). The molecule has 1 aliphatic rings. The summed E-state index contributed by atoms with van der Waals surface area (Å²) in [5, 5.41) is 3.16. The fourth-order valence-corrected chi connectivity index (χ4v) is 2.60. The molecule has 1 aromatic carbocycles. The third-order valence-electron chi connectivity index (χ3n) is 4.11. The molecular weight excluding hydrogens is 302 g/mol. The molecule has 0 aromatic heterocycles. The van der Waals surface area contributed by atoms with Crippen molar-refractivity contribution in [2.45, 2.75) is 52.4 Å². The molecule has 0 unspecified atom stereocenters. The van der Waals surface area contributed by atoms with Crippen molar-refractivity contribution >= 4 is 5.96 Å². The molecule has 1 aromatic rings. The van der Waals surface area contributed by atoms with E-state index in [-0.39, 0.29) is 0 Å². The molecule has 0 aliphatic carbocycles. The van der Waals surface area contributed by atoms with Gasteiger partial charge in [-0.05, 0) is 36.3 Å². The lowest BCUT2D eigenvalue weighted by Gasteiger charge is -2.22. The number of nitrogens with one attached hydrogen (secondary N) is 1. The van der Waals surface area contributed by atoms with Crippen LogP contribution < -0.4 is 11.1 Å². The first-order chi connectivity index (χ1) is 11.6. The number of rotatable bonds is 8. The van der Waals surface area contributed by atoms with Crippen LogP contribution in [0, 0.1) is 5.92 Å². The highest BCUT2D eigenvalue weighted by atomic mass is 16.5. The lowest BCUT2D eigenvalue weighted by atomic mass is 10.1. The van der Waals surface area contributed by atoms with E-state index in [1.165, 1.54) is 5.56 Å². The summed E-state index contributed by atoms with van der Waals surface area (Å²) < 4.78 is 11.3. The molecule has 0 saturated carbocycles. The monoisotopic (exact) mass is 333 g/mol. The third kappa shape index (κ3) is 7.32. The maximum Gasteiger partial charge on any atom is 0.188 e. The van der Waals surface area contributed by atoms with Gasteiger partial charge in [-0.2, -0.15) is 0 Å². The summed E-state index contributed by atoms with van der Waals surface area (Å²) in [6.07, 6.45) is 3.39. The van der Waals surface area contributed by atoms with Gasteiger partial charge in [0.15, 0.2) is 5.96 Å². The minimum Gasteiger partial charge on any atom is -0.381 e. The van der Waals surface area contributed by atoms with Crippen molar-refractivity contribution in [3.05, 3.63) is 35.4 Å². The topological polar surface area (TPSA) is 68.9 Å². The van der Waals surface area contributed by atoms with Crippen LogP contribution in [-0.2, 0) is 22.6 Å². The van der Waals surface area contributed by atoms with E-state index in [0.717, 1.165) is 44.6 Å². The zero-order valence-corrected chi connectivity index (χ0v) is 15.0.